The Labute approximate surface area is 168 Å². The lowest BCUT2D eigenvalue weighted by Crippen LogP contribution is -2.56. The highest BCUT2D eigenvalue weighted by Crippen LogP contribution is 2.34. The summed E-state index contributed by atoms with van der Waals surface area (Å²) in [6.07, 6.45) is 12.0. The Morgan fingerprint density at radius 2 is 1.93 bits per heavy atom. The number of imidazole rings is 1. The highest BCUT2D eigenvalue weighted by molar-refractivity contribution is 5.79. The first-order valence-electron chi connectivity index (χ1n) is 11.4. The van der Waals surface area contributed by atoms with Gasteiger partial charge in [0.15, 0.2) is 0 Å². The van der Waals surface area contributed by atoms with Gasteiger partial charge in [-0.2, -0.15) is 0 Å². The van der Waals surface area contributed by atoms with Crippen LogP contribution in [0.3, 0.4) is 0 Å². The second-order valence-electron chi connectivity index (χ2n) is 9.11. The minimum Gasteiger partial charge on any atom is -0.374 e. The van der Waals surface area contributed by atoms with E-state index in [1.165, 1.54) is 42.9 Å². The third-order valence-corrected chi connectivity index (χ3v) is 7.46. The summed E-state index contributed by atoms with van der Waals surface area (Å²) in [5.41, 5.74) is 2.73. The van der Waals surface area contributed by atoms with Crippen molar-refractivity contribution in [1.29, 1.82) is 0 Å². The molecule has 0 spiro atoms. The summed E-state index contributed by atoms with van der Waals surface area (Å²) < 4.78 is 8.31. The second-order valence-corrected chi connectivity index (χ2v) is 9.11. The summed E-state index contributed by atoms with van der Waals surface area (Å²) in [5.74, 6) is 1.49. The third-order valence-electron chi connectivity index (χ3n) is 7.46. The topological polar surface area (TPSA) is 50.6 Å². The van der Waals surface area contributed by atoms with E-state index in [4.69, 9.17) is 9.72 Å². The number of carbonyl (C=O) groups is 1. The molecule has 3 heterocycles. The van der Waals surface area contributed by atoms with Crippen molar-refractivity contribution in [2.75, 3.05) is 26.2 Å². The first-order chi connectivity index (χ1) is 13.7. The van der Waals surface area contributed by atoms with Gasteiger partial charge in [-0.25, -0.2) is 4.98 Å². The molecule has 0 N–H and O–H groups in total. The Morgan fingerprint density at radius 3 is 2.82 bits per heavy atom. The number of hydrogen-bond donors (Lipinski definition) is 0. The van der Waals surface area contributed by atoms with Crippen LogP contribution in [-0.2, 0) is 29.4 Å². The van der Waals surface area contributed by atoms with Gasteiger partial charge in [-0.3, -0.25) is 9.69 Å². The molecule has 2 aliphatic heterocycles. The van der Waals surface area contributed by atoms with E-state index in [9.17, 15) is 4.79 Å². The van der Waals surface area contributed by atoms with Gasteiger partial charge in [0.1, 0.15) is 5.82 Å². The standard InChI is InChI=1S/C22H34N4O2/c1-24-17-8-3-2-7-16(17)23-22(24)19-10-6-12-25(19)15-21(27)26-13-14-28-20-11-5-4-9-18(20)26/h18-20H,2-15H2,1H3/t18-,19-,20+/m0/s1. The van der Waals surface area contributed by atoms with Crippen LogP contribution in [0.4, 0.5) is 0 Å². The van der Waals surface area contributed by atoms with Gasteiger partial charge in [0.25, 0.3) is 0 Å². The minimum atomic E-state index is 0.266. The molecule has 0 unspecified atom stereocenters. The Hall–Kier alpha value is -1.40. The van der Waals surface area contributed by atoms with E-state index in [1.807, 2.05) is 0 Å². The molecule has 6 heteroatoms. The quantitative estimate of drug-likeness (QED) is 0.801. The van der Waals surface area contributed by atoms with Crippen LogP contribution in [0, 0.1) is 0 Å². The molecule has 0 aromatic carbocycles. The van der Waals surface area contributed by atoms with Gasteiger partial charge >= 0.3 is 0 Å². The van der Waals surface area contributed by atoms with E-state index < -0.39 is 0 Å². The molecule has 2 saturated heterocycles. The van der Waals surface area contributed by atoms with E-state index in [0.717, 1.165) is 51.6 Å². The molecule has 1 saturated carbocycles. The zero-order valence-electron chi connectivity index (χ0n) is 17.2. The van der Waals surface area contributed by atoms with Gasteiger partial charge in [-0.15, -0.1) is 0 Å². The van der Waals surface area contributed by atoms with Crippen molar-refractivity contribution < 1.29 is 9.53 Å². The molecule has 1 amide bonds. The van der Waals surface area contributed by atoms with Crippen molar-refractivity contribution in [2.45, 2.75) is 82.4 Å². The van der Waals surface area contributed by atoms with Gasteiger partial charge in [0.2, 0.25) is 5.91 Å². The van der Waals surface area contributed by atoms with Gasteiger partial charge in [-0.05, 0) is 57.9 Å². The van der Waals surface area contributed by atoms with Crippen LogP contribution < -0.4 is 0 Å². The monoisotopic (exact) mass is 386 g/mol. The molecule has 0 radical (unpaired) electrons. The highest BCUT2D eigenvalue weighted by Gasteiger charge is 2.39. The van der Waals surface area contributed by atoms with Gasteiger partial charge in [0.05, 0.1) is 37.0 Å². The van der Waals surface area contributed by atoms with Crippen LogP contribution in [-0.4, -0.2) is 63.6 Å². The molecule has 4 aliphatic rings. The Balaban J connectivity index is 1.31. The molecule has 3 atom stereocenters. The second kappa shape index (κ2) is 7.79. The van der Waals surface area contributed by atoms with Crippen LogP contribution >= 0.6 is 0 Å². The number of amides is 1. The maximum Gasteiger partial charge on any atom is 0.237 e. The summed E-state index contributed by atoms with van der Waals surface area (Å²) in [4.78, 5) is 22.8. The van der Waals surface area contributed by atoms with Gasteiger partial charge in [0, 0.05) is 19.3 Å². The number of carbonyl (C=O) groups excluding carboxylic acids is 1. The van der Waals surface area contributed by atoms with Crippen molar-refractivity contribution in [3.8, 4) is 0 Å². The van der Waals surface area contributed by atoms with Crippen molar-refractivity contribution in [1.82, 2.24) is 19.4 Å². The summed E-state index contributed by atoms with van der Waals surface area (Å²) in [5, 5.41) is 0. The largest absolute Gasteiger partial charge is 0.374 e. The lowest BCUT2D eigenvalue weighted by molar-refractivity contribution is -0.150. The van der Waals surface area contributed by atoms with Crippen LogP contribution in [0.1, 0.15) is 74.6 Å². The van der Waals surface area contributed by atoms with E-state index >= 15 is 0 Å². The number of nitrogens with zero attached hydrogens (tertiary/aromatic N) is 4. The number of ether oxygens (including phenoxy) is 1. The number of hydrogen-bond acceptors (Lipinski definition) is 4. The fourth-order valence-corrected chi connectivity index (χ4v) is 5.98. The first-order valence-corrected chi connectivity index (χ1v) is 11.4. The molecule has 1 aromatic rings. The number of aromatic nitrogens is 2. The van der Waals surface area contributed by atoms with Crippen molar-refractivity contribution in [2.24, 2.45) is 7.05 Å². The molecule has 28 heavy (non-hydrogen) atoms. The normalized spacial score (nSPS) is 30.9. The highest BCUT2D eigenvalue weighted by atomic mass is 16.5. The number of morpholine rings is 1. The van der Waals surface area contributed by atoms with E-state index in [1.54, 1.807) is 0 Å². The van der Waals surface area contributed by atoms with E-state index in [0.29, 0.717) is 31.1 Å². The van der Waals surface area contributed by atoms with Crippen LogP contribution in [0.15, 0.2) is 0 Å². The number of likely N-dealkylation sites (tertiary alicyclic amines) is 1. The minimum absolute atomic E-state index is 0.266. The average Bonchev–Trinajstić information content (AvgIpc) is 3.32. The SMILES string of the molecule is Cn1c([C@@H]2CCCN2CC(=O)N2CCO[C@@H]3CCCC[C@@H]32)nc2c1CCCC2. The maximum absolute atomic E-state index is 13.3. The number of aryl methyl sites for hydroxylation is 1. The average molecular weight is 387 g/mol. The molecule has 2 aliphatic carbocycles. The van der Waals surface area contributed by atoms with E-state index in [2.05, 4.69) is 21.4 Å². The fourth-order valence-electron chi connectivity index (χ4n) is 5.98. The lowest BCUT2D eigenvalue weighted by Gasteiger charge is -2.44. The molecular formula is C22H34N4O2. The Morgan fingerprint density at radius 1 is 1.07 bits per heavy atom. The first kappa shape index (κ1) is 18.6. The zero-order valence-corrected chi connectivity index (χ0v) is 17.2. The summed E-state index contributed by atoms with van der Waals surface area (Å²) >= 11 is 0. The Bertz CT molecular complexity index is 728. The zero-order chi connectivity index (χ0) is 19.1. The van der Waals surface area contributed by atoms with Crippen molar-refractivity contribution in [3.05, 3.63) is 17.2 Å². The molecule has 154 valence electrons. The van der Waals surface area contributed by atoms with Gasteiger partial charge < -0.3 is 14.2 Å². The summed E-state index contributed by atoms with van der Waals surface area (Å²) in [6.45, 7) is 3.00. The Kier molecular flexibility index (Phi) is 5.18. The molecule has 0 bridgehead atoms. The maximum atomic E-state index is 13.3. The third kappa shape index (κ3) is 3.28. The van der Waals surface area contributed by atoms with Crippen molar-refractivity contribution >= 4 is 5.91 Å². The lowest BCUT2D eigenvalue weighted by atomic mass is 9.90. The molecular weight excluding hydrogens is 352 g/mol. The smallest absolute Gasteiger partial charge is 0.237 e. The number of fused-ring (bicyclic) bond motifs is 2. The van der Waals surface area contributed by atoms with Crippen LogP contribution in [0.25, 0.3) is 0 Å². The molecule has 3 fully saturated rings. The van der Waals surface area contributed by atoms with Crippen molar-refractivity contribution in [3.63, 3.8) is 0 Å². The molecule has 5 rings (SSSR count). The predicted molar refractivity (Wildman–Crippen MR) is 107 cm³/mol. The fraction of sp³-hybridized carbons (Fsp3) is 0.818. The molecule has 1 aromatic heterocycles. The predicted octanol–water partition coefficient (Wildman–Crippen LogP) is 2.61. The van der Waals surface area contributed by atoms with E-state index in [-0.39, 0.29) is 6.10 Å². The van der Waals surface area contributed by atoms with Gasteiger partial charge in [-0.1, -0.05) is 12.8 Å². The number of rotatable bonds is 3. The van der Waals surface area contributed by atoms with Crippen LogP contribution in [0.5, 0.6) is 0 Å². The summed E-state index contributed by atoms with van der Waals surface area (Å²) in [6, 6.07) is 0.597. The van der Waals surface area contributed by atoms with Crippen LogP contribution in [0.2, 0.25) is 0 Å². The summed E-state index contributed by atoms with van der Waals surface area (Å²) in [7, 11) is 2.18. The molecule has 6 nitrogen and oxygen atoms in total.